The molecule has 0 saturated carbocycles. The van der Waals surface area contributed by atoms with Crippen LogP contribution in [0.15, 0.2) is 12.1 Å². The van der Waals surface area contributed by atoms with E-state index in [2.05, 4.69) is 4.18 Å². The summed E-state index contributed by atoms with van der Waals surface area (Å²) >= 11 is 0. The lowest BCUT2D eigenvalue weighted by Crippen LogP contribution is -2.29. The van der Waals surface area contributed by atoms with E-state index in [0.717, 1.165) is 0 Å². The molecule has 13 heteroatoms. The fourth-order valence-corrected chi connectivity index (χ4v) is 2.00. The Balaban J connectivity index is 3.60. The summed E-state index contributed by atoms with van der Waals surface area (Å²) in [5.41, 5.74) is -8.52. The number of carboxylic acid groups (broad SMARTS) is 3. The maximum atomic E-state index is 12.3. The molecule has 0 aromatic heterocycles. The minimum atomic E-state index is -6.26. The Kier molecular flexibility index (Phi) is 5.08. The number of aliphatic carboxylic acids is 1. The Labute approximate surface area is 131 Å². The van der Waals surface area contributed by atoms with Crippen molar-refractivity contribution in [1.29, 1.82) is 0 Å². The second-order valence-corrected chi connectivity index (χ2v) is 5.71. The van der Waals surface area contributed by atoms with Gasteiger partial charge in [-0.1, -0.05) is 0 Å². The molecule has 0 atom stereocenters. The molecule has 0 radical (unpaired) electrons. The van der Waals surface area contributed by atoms with E-state index in [1.54, 1.807) is 0 Å². The van der Waals surface area contributed by atoms with Gasteiger partial charge in [0.25, 0.3) is 0 Å². The van der Waals surface area contributed by atoms with Crippen molar-refractivity contribution in [3.63, 3.8) is 0 Å². The zero-order valence-electron chi connectivity index (χ0n) is 11.2. The van der Waals surface area contributed by atoms with E-state index in [1.807, 2.05) is 0 Å². The van der Waals surface area contributed by atoms with E-state index in [0.29, 0.717) is 6.07 Å². The van der Waals surface area contributed by atoms with Crippen LogP contribution in [0.5, 0.6) is 5.75 Å². The fourth-order valence-electron chi connectivity index (χ4n) is 1.53. The molecule has 1 aromatic rings. The average Bonchev–Trinajstić information content (AvgIpc) is 2.37. The van der Waals surface area contributed by atoms with Gasteiger partial charge in [0.2, 0.25) is 0 Å². The number of carbonyl (C=O) groups is 3. The average molecular weight is 372 g/mol. The second kappa shape index (κ2) is 6.35. The van der Waals surface area contributed by atoms with Crippen LogP contribution < -0.4 is 4.18 Å². The van der Waals surface area contributed by atoms with Crippen molar-refractivity contribution < 1.29 is 55.5 Å². The van der Waals surface area contributed by atoms with E-state index in [9.17, 15) is 36.0 Å². The lowest BCUT2D eigenvalue weighted by atomic mass is 10.0. The number of hydrogen-bond donors (Lipinski definition) is 3. The predicted molar refractivity (Wildman–Crippen MR) is 67.3 cm³/mol. The Bertz CT molecular complexity index is 811. The van der Waals surface area contributed by atoms with Gasteiger partial charge in [0.15, 0.2) is 5.75 Å². The molecular formula is C11H7F3O9S. The lowest BCUT2D eigenvalue weighted by molar-refractivity contribution is -0.136. The molecule has 0 amide bonds. The summed E-state index contributed by atoms with van der Waals surface area (Å²) < 4.78 is 62.5. The number of hydrogen-bond acceptors (Lipinski definition) is 6. The molecule has 0 saturated heterocycles. The maximum absolute atomic E-state index is 12.3. The third-order valence-electron chi connectivity index (χ3n) is 2.49. The SMILES string of the molecule is O=C(O)Cc1cc(C(=O)O)c(OS(=O)(=O)C(F)(F)F)cc1C(=O)O. The van der Waals surface area contributed by atoms with Crippen LogP contribution in [0, 0.1) is 0 Å². The molecule has 132 valence electrons. The van der Waals surface area contributed by atoms with Gasteiger partial charge in [-0.15, -0.1) is 0 Å². The minimum absolute atomic E-state index is 0.202. The Morgan fingerprint density at radius 1 is 1.00 bits per heavy atom. The largest absolute Gasteiger partial charge is 0.534 e. The summed E-state index contributed by atoms with van der Waals surface area (Å²) in [5.74, 6) is -6.74. The predicted octanol–water partition coefficient (Wildman–Crippen LogP) is 0.939. The molecule has 3 N–H and O–H groups in total. The summed E-state index contributed by atoms with van der Waals surface area (Å²) in [6, 6.07) is 0.620. The second-order valence-electron chi connectivity index (χ2n) is 4.17. The molecule has 0 bridgehead atoms. The van der Waals surface area contributed by atoms with Gasteiger partial charge in [-0.25, -0.2) is 9.59 Å². The highest BCUT2D eigenvalue weighted by Crippen LogP contribution is 2.31. The van der Waals surface area contributed by atoms with Crippen LogP contribution in [0.1, 0.15) is 26.3 Å². The van der Waals surface area contributed by atoms with Crippen LogP contribution >= 0.6 is 0 Å². The van der Waals surface area contributed by atoms with Gasteiger partial charge in [0, 0.05) is 0 Å². The number of benzene rings is 1. The van der Waals surface area contributed by atoms with E-state index in [-0.39, 0.29) is 6.07 Å². The molecule has 1 aromatic carbocycles. The van der Waals surface area contributed by atoms with Crippen molar-refractivity contribution in [2.24, 2.45) is 0 Å². The topological polar surface area (TPSA) is 155 Å². The first kappa shape index (κ1) is 19.2. The Morgan fingerprint density at radius 2 is 1.50 bits per heavy atom. The van der Waals surface area contributed by atoms with Gasteiger partial charge in [-0.3, -0.25) is 4.79 Å². The van der Waals surface area contributed by atoms with Crippen LogP contribution in [-0.4, -0.2) is 47.2 Å². The van der Waals surface area contributed by atoms with Gasteiger partial charge < -0.3 is 19.5 Å². The number of alkyl halides is 3. The van der Waals surface area contributed by atoms with Crippen LogP contribution in [0.4, 0.5) is 13.2 Å². The Hall–Kier alpha value is -2.83. The van der Waals surface area contributed by atoms with Gasteiger partial charge in [0.1, 0.15) is 5.56 Å². The van der Waals surface area contributed by atoms with Crippen molar-refractivity contribution in [3.8, 4) is 5.75 Å². The minimum Gasteiger partial charge on any atom is -0.481 e. The molecule has 0 aliphatic rings. The highest BCUT2D eigenvalue weighted by atomic mass is 32.2. The first-order chi connectivity index (χ1) is 10.8. The van der Waals surface area contributed by atoms with E-state index >= 15 is 0 Å². The maximum Gasteiger partial charge on any atom is 0.534 e. The summed E-state index contributed by atoms with van der Waals surface area (Å²) in [7, 11) is -6.26. The van der Waals surface area contributed by atoms with E-state index < -0.39 is 62.4 Å². The molecule has 0 heterocycles. The van der Waals surface area contributed by atoms with Crippen LogP contribution in [-0.2, 0) is 21.3 Å². The highest BCUT2D eigenvalue weighted by molar-refractivity contribution is 7.88. The first-order valence-corrected chi connectivity index (χ1v) is 7.03. The normalized spacial score (nSPS) is 11.8. The number of rotatable bonds is 6. The van der Waals surface area contributed by atoms with Crippen molar-refractivity contribution >= 4 is 28.0 Å². The molecule has 1 rings (SSSR count). The van der Waals surface area contributed by atoms with E-state index in [4.69, 9.17) is 15.3 Å². The third kappa shape index (κ3) is 4.13. The molecule has 24 heavy (non-hydrogen) atoms. The van der Waals surface area contributed by atoms with E-state index in [1.165, 1.54) is 0 Å². The summed E-state index contributed by atoms with van der Waals surface area (Å²) in [6.07, 6.45) is -0.964. The smallest absolute Gasteiger partial charge is 0.481 e. The number of halogens is 3. The van der Waals surface area contributed by atoms with Gasteiger partial charge in [-0.2, -0.15) is 21.6 Å². The van der Waals surface area contributed by atoms with Gasteiger partial charge >= 0.3 is 33.5 Å². The van der Waals surface area contributed by atoms with Crippen molar-refractivity contribution in [1.82, 2.24) is 0 Å². The standard InChI is InChI=1S/C11H7F3O9S/c12-11(13,14)24(21,22)23-7-3-5(9(17)18)4(2-8(15)16)1-6(7)10(19)20/h1,3H,2H2,(H,15,16)(H,17,18)(H,19,20). The third-order valence-corrected chi connectivity index (χ3v) is 3.46. The summed E-state index contributed by atoms with van der Waals surface area (Å²) in [6.45, 7) is 0. The van der Waals surface area contributed by atoms with Gasteiger partial charge in [0.05, 0.1) is 12.0 Å². The molecule has 0 fully saturated rings. The molecular weight excluding hydrogens is 365 g/mol. The van der Waals surface area contributed by atoms with Crippen molar-refractivity contribution in [3.05, 3.63) is 28.8 Å². The first-order valence-electron chi connectivity index (χ1n) is 5.62. The quantitative estimate of drug-likeness (QED) is 0.488. The highest BCUT2D eigenvalue weighted by Gasteiger charge is 2.49. The Morgan fingerprint density at radius 3 is 1.88 bits per heavy atom. The van der Waals surface area contributed by atoms with Crippen LogP contribution in [0.2, 0.25) is 0 Å². The van der Waals surface area contributed by atoms with Gasteiger partial charge in [-0.05, 0) is 17.7 Å². The molecule has 0 aliphatic heterocycles. The fraction of sp³-hybridized carbons (Fsp3) is 0.182. The molecule has 0 spiro atoms. The molecule has 0 unspecified atom stereocenters. The monoisotopic (exact) mass is 372 g/mol. The molecule has 9 nitrogen and oxygen atoms in total. The number of aromatic carboxylic acids is 2. The van der Waals surface area contributed by atoms with Crippen molar-refractivity contribution in [2.75, 3.05) is 0 Å². The zero-order valence-corrected chi connectivity index (χ0v) is 12.0. The summed E-state index contributed by atoms with van der Waals surface area (Å²) in [5, 5.41) is 26.5. The van der Waals surface area contributed by atoms with Crippen LogP contribution in [0.3, 0.4) is 0 Å². The van der Waals surface area contributed by atoms with Crippen molar-refractivity contribution in [2.45, 2.75) is 11.9 Å². The van der Waals surface area contributed by atoms with Crippen LogP contribution in [0.25, 0.3) is 0 Å². The summed E-state index contributed by atoms with van der Waals surface area (Å²) in [4.78, 5) is 32.7. The zero-order chi connectivity index (χ0) is 18.9. The molecule has 0 aliphatic carbocycles. The number of carboxylic acids is 3. The lowest BCUT2D eigenvalue weighted by Gasteiger charge is -2.13.